The molecule has 2 fully saturated rings. The monoisotopic (exact) mass is 734 g/mol. The van der Waals surface area contributed by atoms with Gasteiger partial charge in [0.05, 0.1) is 6.04 Å². The molecule has 1 saturated heterocycles. The summed E-state index contributed by atoms with van der Waals surface area (Å²) in [5.41, 5.74) is -0.878. The van der Waals surface area contributed by atoms with E-state index >= 15 is 0 Å². The van der Waals surface area contributed by atoms with Gasteiger partial charge in [-0.3, -0.25) is 15.0 Å². The van der Waals surface area contributed by atoms with Gasteiger partial charge in [0.25, 0.3) is 0 Å². The summed E-state index contributed by atoms with van der Waals surface area (Å²) < 4.78 is 26.2. The highest BCUT2D eigenvalue weighted by molar-refractivity contribution is 6.67. The summed E-state index contributed by atoms with van der Waals surface area (Å²) in [5, 5.41) is 2.24. The number of benzene rings is 1. The number of halogens is 3. The standard InChI is InChI=1S/C34H49Cl3N2O9/c1-32(2,3)48-31(43)39-26(20-24-15-10-7-11-16-24)28(47-33(39,4)5)29(41)46-25(19-23-13-8-6-9-14-23)17-12-18-27(40)45-22-38-30(42)44-21-34(35,36)37/h6,8-9,13-14,24-26,28H,7,10-12,15-22H2,1-5H3,(H,38,42)/t25?,26-,28+/m0/s1. The maximum Gasteiger partial charge on any atom is 0.412 e. The molecule has 1 aliphatic carbocycles. The van der Waals surface area contributed by atoms with E-state index in [1.54, 1.807) is 39.5 Å². The summed E-state index contributed by atoms with van der Waals surface area (Å²) in [6, 6.07) is 9.02. The maximum atomic E-state index is 14.0. The molecule has 11 nitrogen and oxygen atoms in total. The fraction of sp³-hybridized carbons (Fsp3) is 0.706. The largest absolute Gasteiger partial charge is 0.460 e. The first kappa shape index (κ1) is 40.0. The summed E-state index contributed by atoms with van der Waals surface area (Å²) >= 11 is 16.6. The first-order chi connectivity index (χ1) is 22.4. The van der Waals surface area contributed by atoms with E-state index in [2.05, 4.69) is 5.32 Å². The van der Waals surface area contributed by atoms with Crippen LogP contribution in [0.5, 0.6) is 0 Å². The summed E-state index contributed by atoms with van der Waals surface area (Å²) in [7, 11) is 0. The molecule has 3 rings (SSSR count). The van der Waals surface area contributed by atoms with E-state index in [1.807, 2.05) is 30.3 Å². The van der Waals surface area contributed by atoms with Crippen LogP contribution in [0.1, 0.15) is 98.0 Å². The zero-order valence-corrected chi connectivity index (χ0v) is 30.7. The molecular weight excluding hydrogens is 687 g/mol. The van der Waals surface area contributed by atoms with E-state index in [1.165, 1.54) is 6.42 Å². The minimum absolute atomic E-state index is 0.0113. The number of carbonyl (C=O) groups excluding carboxylic acids is 4. The fourth-order valence-corrected chi connectivity index (χ4v) is 6.24. The first-order valence-electron chi connectivity index (χ1n) is 16.5. The second-order valence-corrected chi connectivity index (χ2v) is 16.3. The van der Waals surface area contributed by atoms with Gasteiger partial charge in [-0.1, -0.05) is 97.2 Å². The van der Waals surface area contributed by atoms with Crippen molar-refractivity contribution in [2.45, 2.75) is 132 Å². The van der Waals surface area contributed by atoms with Gasteiger partial charge in [0.2, 0.25) is 3.79 Å². The summed E-state index contributed by atoms with van der Waals surface area (Å²) in [6.45, 7) is 8.05. The lowest BCUT2D eigenvalue weighted by Gasteiger charge is -2.36. The van der Waals surface area contributed by atoms with Crippen molar-refractivity contribution in [1.82, 2.24) is 10.2 Å². The Morgan fingerprint density at radius 1 is 1.02 bits per heavy atom. The van der Waals surface area contributed by atoms with E-state index in [0.717, 1.165) is 31.2 Å². The zero-order valence-electron chi connectivity index (χ0n) is 28.4. The van der Waals surface area contributed by atoms with Crippen LogP contribution in [0.15, 0.2) is 30.3 Å². The second kappa shape index (κ2) is 18.0. The van der Waals surface area contributed by atoms with E-state index in [9.17, 15) is 19.2 Å². The summed E-state index contributed by atoms with van der Waals surface area (Å²) in [6.07, 6.45) is 4.15. The third-order valence-electron chi connectivity index (χ3n) is 8.11. The smallest absolute Gasteiger partial charge is 0.412 e. The van der Waals surface area contributed by atoms with Crippen LogP contribution in [0.4, 0.5) is 9.59 Å². The Labute approximate surface area is 298 Å². The van der Waals surface area contributed by atoms with Crippen LogP contribution in [-0.2, 0) is 39.7 Å². The number of alkyl carbamates (subject to hydrolysis) is 1. The predicted molar refractivity (Wildman–Crippen MR) is 182 cm³/mol. The summed E-state index contributed by atoms with van der Waals surface area (Å²) in [4.78, 5) is 53.1. The van der Waals surface area contributed by atoms with Gasteiger partial charge in [-0.25, -0.2) is 14.4 Å². The van der Waals surface area contributed by atoms with E-state index < -0.39 is 70.8 Å². The number of carbonyl (C=O) groups is 4. The normalized spacial score (nSPS) is 20.5. The molecule has 2 amide bonds. The zero-order chi connectivity index (χ0) is 35.5. The van der Waals surface area contributed by atoms with Gasteiger partial charge in [0.15, 0.2) is 12.8 Å². The fourth-order valence-electron chi connectivity index (χ4n) is 6.08. The topological polar surface area (TPSA) is 130 Å². The SMILES string of the molecule is CC(C)(C)OC(=O)N1[C@@H](CC2CCCCC2)[C@H](C(=O)OC(CCCC(=O)OCNC(=O)OCC(Cl)(Cl)Cl)Cc2ccccc2)OC1(C)C. The Bertz CT molecular complexity index is 1210. The Morgan fingerprint density at radius 2 is 1.69 bits per heavy atom. The van der Waals surface area contributed by atoms with Crippen LogP contribution in [-0.4, -0.2) is 75.7 Å². The van der Waals surface area contributed by atoms with Crippen molar-refractivity contribution in [3.05, 3.63) is 35.9 Å². The lowest BCUT2D eigenvalue weighted by atomic mass is 9.83. The molecular formula is C34H49Cl3N2O9. The van der Waals surface area contributed by atoms with Gasteiger partial charge in [0, 0.05) is 12.8 Å². The number of nitrogens with zero attached hydrogens (tertiary/aromatic N) is 1. The van der Waals surface area contributed by atoms with E-state index in [0.29, 0.717) is 31.6 Å². The van der Waals surface area contributed by atoms with Gasteiger partial charge < -0.3 is 23.7 Å². The van der Waals surface area contributed by atoms with Gasteiger partial charge in [-0.15, -0.1) is 0 Å². The number of rotatable bonds is 13. The van der Waals surface area contributed by atoms with Crippen molar-refractivity contribution in [1.29, 1.82) is 0 Å². The Morgan fingerprint density at radius 3 is 2.31 bits per heavy atom. The number of hydrogen-bond donors (Lipinski definition) is 1. The summed E-state index contributed by atoms with van der Waals surface area (Å²) in [5.74, 6) is -0.780. The van der Waals surface area contributed by atoms with Crippen molar-refractivity contribution in [2.75, 3.05) is 13.3 Å². The molecule has 0 bridgehead atoms. The minimum atomic E-state index is -1.76. The molecule has 1 aliphatic heterocycles. The van der Waals surface area contributed by atoms with E-state index in [4.69, 9.17) is 58.5 Å². The Balaban J connectivity index is 1.67. The van der Waals surface area contributed by atoms with Gasteiger partial charge in [-0.05, 0) is 65.4 Å². The number of hydrogen-bond acceptors (Lipinski definition) is 9. The van der Waals surface area contributed by atoms with Crippen molar-refractivity contribution >= 4 is 58.9 Å². The molecule has 1 N–H and O–H groups in total. The van der Waals surface area contributed by atoms with Crippen LogP contribution >= 0.6 is 34.8 Å². The molecule has 3 atom stereocenters. The van der Waals surface area contributed by atoms with Gasteiger partial charge in [-0.2, -0.15) is 0 Å². The van der Waals surface area contributed by atoms with E-state index in [-0.39, 0.29) is 6.42 Å². The Hall–Kier alpha value is -2.47. The minimum Gasteiger partial charge on any atom is -0.460 e. The highest BCUT2D eigenvalue weighted by Crippen LogP contribution is 2.40. The molecule has 1 saturated carbocycles. The second-order valence-electron chi connectivity index (χ2n) is 13.8. The quantitative estimate of drug-likeness (QED) is 0.0941. The average molecular weight is 736 g/mol. The van der Waals surface area contributed by atoms with Crippen LogP contribution < -0.4 is 5.32 Å². The lowest BCUT2D eigenvalue weighted by Crippen LogP contribution is -2.51. The van der Waals surface area contributed by atoms with Crippen molar-refractivity contribution in [3.63, 3.8) is 0 Å². The molecule has 0 spiro atoms. The predicted octanol–water partition coefficient (Wildman–Crippen LogP) is 7.62. The van der Waals surface area contributed by atoms with Gasteiger partial charge in [0.1, 0.15) is 24.0 Å². The third kappa shape index (κ3) is 13.8. The molecule has 1 unspecified atom stereocenters. The molecule has 1 aromatic carbocycles. The van der Waals surface area contributed by atoms with Crippen molar-refractivity contribution in [3.8, 4) is 0 Å². The molecule has 0 aromatic heterocycles. The molecule has 14 heteroatoms. The molecule has 48 heavy (non-hydrogen) atoms. The molecule has 0 radical (unpaired) electrons. The van der Waals surface area contributed by atoms with Crippen molar-refractivity contribution < 1.29 is 42.9 Å². The number of nitrogens with one attached hydrogen (secondary N) is 1. The number of amides is 2. The maximum absolute atomic E-state index is 14.0. The molecule has 2 aliphatic rings. The third-order valence-corrected chi connectivity index (χ3v) is 8.44. The lowest BCUT2D eigenvalue weighted by molar-refractivity contribution is -0.167. The Kier molecular flexibility index (Phi) is 15.0. The van der Waals surface area contributed by atoms with Crippen LogP contribution in [0.3, 0.4) is 0 Å². The van der Waals surface area contributed by atoms with Crippen LogP contribution in [0.2, 0.25) is 0 Å². The number of alkyl halides is 3. The number of esters is 2. The average Bonchev–Trinajstić information content (AvgIpc) is 3.25. The highest BCUT2D eigenvalue weighted by Gasteiger charge is 2.55. The first-order valence-corrected chi connectivity index (χ1v) is 17.6. The van der Waals surface area contributed by atoms with Gasteiger partial charge >= 0.3 is 24.1 Å². The highest BCUT2D eigenvalue weighted by atomic mass is 35.6. The molecule has 1 heterocycles. The van der Waals surface area contributed by atoms with Crippen LogP contribution in [0.25, 0.3) is 0 Å². The van der Waals surface area contributed by atoms with Crippen LogP contribution in [0, 0.1) is 5.92 Å². The molecule has 1 aromatic rings. The van der Waals surface area contributed by atoms with Crippen molar-refractivity contribution in [2.24, 2.45) is 5.92 Å². The number of ether oxygens (including phenoxy) is 5. The molecule has 270 valence electrons.